The molecule has 0 aliphatic heterocycles. The van der Waals surface area contributed by atoms with Crippen molar-refractivity contribution < 1.29 is 4.79 Å². The quantitative estimate of drug-likeness (QED) is 0.299. The average Bonchev–Trinajstić information content (AvgIpc) is 3.43. The Labute approximate surface area is 168 Å². The van der Waals surface area contributed by atoms with Crippen molar-refractivity contribution in [2.45, 2.75) is 13.3 Å². The maximum Gasteiger partial charge on any atom is 0.195 e. The monoisotopic (exact) mass is 384 g/mol. The number of allylic oxidation sites excluding steroid dienone is 1. The number of para-hydroxylation sites is 1. The Balaban J connectivity index is 1.74. The van der Waals surface area contributed by atoms with Crippen molar-refractivity contribution in [2.24, 2.45) is 0 Å². The fourth-order valence-corrected chi connectivity index (χ4v) is 3.66. The number of hydrogen-bond donors (Lipinski definition) is 0. The van der Waals surface area contributed by atoms with Crippen LogP contribution >= 0.6 is 11.3 Å². The van der Waals surface area contributed by atoms with Gasteiger partial charge in [0, 0.05) is 17.3 Å². The van der Waals surface area contributed by atoms with Gasteiger partial charge in [-0.05, 0) is 47.7 Å². The van der Waals surface area contributed by atoms with Crippen molar-refractivity contribution in [1.29, 1.82) is 0 Å². The predicted octanol–water partition coefficient (Wildman–Crippen LogP) is 6.06. The number of carbonyl (C=O) groups excluding carboxylic acids is 1. The predicted molar refractivity (Wildman–Crippen MR) is 116 cm³/mol. The molecule has 2 aromatic heterocycles. The third-order valence-electron chi connectivity index (χ3n) is 4.58. The maximum atomic E-state index is 12.4. The Hall–Kier alpha value is -3.24. The summed E-state index contributed by atoms with van der Waals surface area (Å²) >= 11 is 1.45. The highest BCUT2D eigenvalue weighted by molar-refractivity contribution is 7.12. The molecule has 0 atom stereocenters. The Morgan fingerprint density at radius 2 is 1.82 bits per heavy atom. The summed E-state index contributed by atoms with van der Waals surface area (Å²) in [5.41, 5.74) is 5.09. The van der Waals surface area contributed by atoms with Crippen LogP contribution in [0.2, 0.25) is 0 Å². The van der Waals surface area contributed by atoms with Gasteiger partial charge in [-0.25, -0.2) is 4.68 Å². The van der Waals surface area contributed by atoms with Crippen LogP contribution in [-0.4, -0.2) is 15.6 Å². The van der Waals surface area contributed by atoms with E-state index in [0.29, 0.717) is 0 Å². The molecular weight excluding hydrogens is 364 g/mol. The van der Waals surface area contributed by atoms with Crippen molar-refractivity contribution in [1.82, 2.24) is 9.78 Å². The van der Waals surface area contributed by atoms with Gasteiger partial charge in [0.25, 0.3) is 0 Å². The van der Waals surface area contributed by atoms with E-state index in [2.05, 4.69) is 31.2 Å². The van der Waals surface area contributed by atoms with Gasteiger partial charge in [-0.1, -0.05) is 55.5 Å². The van der Waals surface area contributed by atoms with Gasteiger partial charge < -0.3 is 0 Å². The summed E-state index contributed by atoms with van der Waals surface area (Å²) in [7, 11) is 0. The summed E-state index contributed by atoms with van der Waals surface area (Å²) in [6.07, 6.45) is 6.46. The van der Waals surface area contributed by atoms with Crippen molar-refractivity contribution in [2.75, 3.05) is 0 Å². The molecule has 0 spiro atoms. The summed E-state index contributed by atoms with van der Waals surface area (Å²) in [4.78, 5) is 13.1. The first-order chi connectivity index (χ1) is 13.7. The molecule has 0 saturated carbocycles. The van der Waals surface area contributed by atoms with E-state index in [-0.39, 0.29) is 5.78 Å². The first-order valence-corrected chi connectivity index (χ1v) is 10.1. The van der Waals surface area contributed by atoms with Crippen molar-refractivity contribution >= 4 is 23.2 Å². The fourth-order valence-electron chi connectivity index (χ4n) is 3.01. The average molecular weight is 385 g/mol. The summed E-state index contributed by atoms with van der Waals surface area (Å²) in [5, 5.41) is 6.72. The normalized spacial score (nSPS) is 11.2. The fraction of sp³-hybridized carbons (Fsp3) is 0.0833. The topological polar surface area (TPSA) is 34.9 Å². The third kappa shape index (κ3) is 3.87. The number of benzene rings is 2. The van der Waals surface area contributed by atoms with Gasteiger partial charge in [0.05, 0.1) is 16.3 Å². The molecule has 0 saturated heterocycles. The Bertz CT molecular complexity index is 1090. The molecule has 4 rings (SSSR count). The zero-order chi connectivity index (χ0) is 19.3. The molecule has 4 aromatic rings. The van der Waals surface area contributed by atoms with Gasteiger partial charge in [0.15, 0.2) is 5.78 Å². The van der Waals surface area contributed by atoms with Crippen LogP contribution in [0.4, 0.5) is 0 Å². The van der Waals surface area contributed by atoms with Crippen LogP contribution in [0.15, 0.2) is 84.4 Å². The Kier molecular flexibility index (Phi) is 5.31. The number of rotatable bonds is 6. The minimum Gasteiger partial charge on any atom is -0.288 e. The lowest BCUT2D eigenvalue weighted by Crippen LogP contribution is -1.94. The molecule has 0 unspecified atom stereocenters. The lowest BCUT2D eigenvalue weighted by molar-refractivity contribution is 0.105. The molecule has 0 aliphatic rings. The van der Waals surface area contributed by atoms with Gasteiger partial charge in [0.2, 0.25) is 0 Å². The summed E-state index contributed by atoms with van der Waals surface area (Å²) in [6, 6.07) is 22.2. The van der Waals surface area contributed by atoms with E-state index in [0.717, 1.165) is 33.8 Å². The molecule has 0 radical (unpaired) electrons. The van der Waals surface area contributed by atoms with Crippen LogP contribution in [0.25, 0.3) is 23.0 Å². The summed E-state index contributed by atoms with van der Waals surface area (Å²) in [5.74, 6) is 0.00902. The smallest absolute Gasteiger partial charge is 0.195 e. The van der Waals surface area contributed by atoms with Crippen molar-refractivity contribution in [3.63, 3.8) is 0 Å². The van der Waals surface area contributed by atoms with E-state index in [1.165, 1.54) is 16.9 Å². The van der Waals surface area contributed by atoms with Gasteiger partial charge >= 0.3 is 0 Å². The van der Waals surface area contributed by atoms with Gasteiger partial charge in [0.1, 0.15) is 0 Å². The second-order valence-corrected chi connectivity index (χ2v) is 7.39. The number of ketones is 1. The first-order valence-electron chi connectivity index (χ1n) is 9.25. The van der Waals surface area contributed by atoms with Gasteiger partial charge in [-0.2, -0.15) is 5.10 Å². The minimum absolute atomic E-state index is 0.00902. The van der Waals surface area contributed by atoms with E-state index in [4.69, 9.17) is 5.10 Å². The Morgan fingerprint density at radius 3 is 2.50 bits per heavy atom. The lowest BCUT2D eigenvalue weighted by Gasteiger charge is -2.02. The van der Waals surface area contributed by atoms with E-state index in [1.807, 2.05) is 64.8 Å². The van der Waals surface area contributed by atoms with Crippen LogP contribution in [0.1, 0.15) is 27.7 Å². The molecule has 4 heteroatoms. The highest BCUT2D eigenvalue weighted by atomic mass is 32.1. The number of hydrogen-bond acceptors (Lipinski definition) is 3. The zero-order valence-electron chi connectivity index (χ0n) is 15.6. The summed E-state index contributed by atoms with van der Waals surface area (Å²) in [6.45, 7) is 2.14. The van der Waals surface area contributed by atoms with Gasteiger partial charge in [-0.15, -0.1) is 11.3 Å². The molecule has 0 N–H and O–H groups in total. The highest BCUT2D eigenvalue weighted by Crippen LogP contribution is 2.26. The van der Waals surface area contributed by atoms with E-state index in [1.54, 1.807) is 6.08 Å². The molecule has 0 aliphatic carbocycles. The van der Waals surface area contributed by atoms with E-state index >= 15 is 0 Å². The molecule has 2 aromatic carbocycles. The molecule has 28 heavy (non-hydrogen) atoms. The zero-order valence-corrected chi connectivity index (χ0v) is 16.4. The van der Waals surface area contributed by atoms with Gasteiger partial charge in [-0.3, -0.25) is 4.79 Å². The molecule has 0 bridgehead atoms. The molecule has 0 fully saturated rings. The summed E-state index contributed by atoms with van der Waals surface area (Å²) < 4.78 is 1.86. The van der Waals surface area contributed by atoms with Crippen LogP contribution in [0.3, 0.4) is 0 Å². The lowest BCUT2D eigenvalue weighted by atomic mass is 10.0. The maximum absolute atomic E-state index is 12.4. The van der Waals surface area contributed by atoms with E-state index < -0.39 is 0 Å². The number of aromatic nitrogens is 2. The second kappa shape index (κ2) is 8.19. The third-order valence-corrected chi connectivity index (χ3v) is 5.46. The van der Waals surface area contributed by atoms with Crippen LogP contribution in [0.5, 0.6) is 0 Å². The van der Waals surface area contributed by atoms with Crippen molar-refractivity contribution in [3.8, 4) is 16.9 Å². The van der Waals surface area contributed by atoms with Crippen LogP contribution in [0, 0.1) is 0 Å². The minimum atomic E-state index is 0.00902. The Morgan fingerprint density at radius 1 is 1.04 bits per heavy atom. The number of aryl methyl sites for hydroxylation is 1. The molecule has 3 nitrogen and oxygen atoms in total. The van der Waals surface area contributed by atoms with Crippen LogP contribution < -0.4 is 0 Å². The first kappa shape index (κ1) is 18.1. The number of carbonyl (C=O) groups is 1. The van der Waals surface area contributed by atoms with E-state index in [9.17, 15) is 4.79 Å². The standard InChI is InChI=1S/C24H20N2OS/c1-2-18-10-12-19(13-11-18)24-20(14-15-22(27)23-9-6-16-28-23)17-26(25-24)21-7-4-3-5-8-21/h3-17H,2H2,1H3/b15-14+. The number of thiophene rings is 1. The second-order valence-electron chi connectivity index (χ2n) is 6.44. The largest absolute Gasteiger partial charge is 0.288 e. The SMILES string of the molecule is CCc1ccc(-c2nn(-c3ccccc3)cc2/C=C/C(=O)c2cccs2)cc1. The highest BCUT2D eigenvalue weighted by Gasteiger charge is 2.11. The molecule has 2 heterocycles. The van der Waals surface area contributed by atoms with Crippen molar-refractivity contribution in [3.05, 3.63) is 100 Å². The molecule has 0 amide bonds. The molecule has 138 valence electrons. The number of nitrogens with zero attached hydrogens (tertiary/aromatic N) is 2. The van der Waals surface area contributed by atoms with Crippen LogP contribution in [-0.2, 0) is 6.42 Å². The molecular formula is C24H20N2OS.